The Balaban J connectivity index is 1.87. The van der Waals surface area contributed by atoms with Crippen LogP contribution in [0.25, 0.3) is 5.69 Å². The Kier molecular flexibility index (Phi) is 5.81. The molecule has 3 rings (SSSR count). The van der Waals surface area contributed by atoms with E-state index in [2.05, 4.69) is 10.4 Å². The molecule has 2 aromatic carbocycles. The molecule has 0 bridgehead atoms. The molecule has 3 aromatic rings. The highest BCUT2D eigenvalue weighted by Gasteiger charge is 2.21. The maximum absolute atomic E-state index is 12.6. The molecule has 1 amide bonds. The lowest BCUT2D eigenvalue weighted by molar-refractivity contribution is -0.137. The van der Waals surface area contributed by atoms with Crippen LogP contribution >= 0.6 is 11.6 Å². The monoisotopic (exact) mass is 410 g/mol. The van der Waals surface area contributed by atoms with Gasteiger partial charge in [-0.3, -0.25) is 19.5 Å². The van der Waals surface area contributed by atoms with Crippen LogP contribution in [0.2, 0.25) is 5.02 Å². The number of benzene rings is 2. The summed E-state index contributed by atoms with van der Waals surface area (Å²) in [6, 6.07) is 15.0. The van der Waals surface area contributed by atoms with Crippen LogP contribution in [0.15, 0.2) is 59.4 Å². The molecule has 146 valence electrons. The first-order valence-electron chi connectivity index (χ1n) is 8.48. The number of nitrogens with zero attached hydrogens (tertiary/aromatic N) is 2. The topological polar surface area (TPSA) is 128 Å². The van der Waals surface area contributed by atoms with E-state index in [9.17, 15) is 19.5 Å². The molecule has 0 aliphatic heterocycles. The number of amides is 1. The summed E-state index contributed by atoms with van der Waals surface area (Å²) >= 11 is 5.84. The normalized spacial score (nSPS) is 11.4. The molecule has 0 spiro atoms. The largest absolute Gasteiger partial charge is 0.481 e. The quantitative estimate of drug-likeness (QED) is 0.575. The first-order valence-corrected chi connectivity index (χ1v) is 8.86. The average molecular weight is 411 g/mol. The van der Waals surface area contributed by atoms with Crippen LogP contribution in [0, 0.1) is 11.3 Å². The smallest absolute Gasteiger partial charge is 0.305 e. The lowest BCUT2D eigenvalue weighted by Gasteiger charge is -2.17. The Labute approximate surface area is 170 Å². The maximum atomic E-state index is 12.6. The Morgan fingerprint density at radius 3 is 2.59 bits per heavy atom. The standard InChI is InChI=1S/C20H15ClN4O4/c21-14-4-6-15(7-5-14)25-18(26)9-17(24-25)20(29)23-16(10-19(27)28)13-3-1-2-12(8-13)11-22/h1-9,16,24H,10H2,(H,23,29)(H,27,28)/t16-/m0/s1. The van der Waals surface area contributed by atoms with Gasteiger partial charge in [0.15, 0.2) is 0 Å². The van der Waals surface area contributed by atoms with Crippen molar-refractivity contribution in [3.63, 3.8) is 0 Å². The van der Waals surface area contributed by atoms with E-state index in [1.807, 2.05) is 6.07 Å². The Morgan fingerprint density at radius 2 is 1.93 bits per heavy atom. The van der Waals surface area contributed by atoms with Crippen LogP contribution in [0.5, 0.6) is 0 Å². The molecular weight excluding hydrogens is 396 g/mol. The number of nitrogens with one attached hydrogen (secondary N) is 2. The summed E-state index contributed by atoms with van der Waals surface area (Å²) in [5.74, 6) is -1.77. The van der Waals surface area contributed by atoms with Gasteiger partial charge in [-0.1, -0.05) is 23.7 Å². The van der Waals surface area contributed by atoms with E-state index in [-0.39, 0.29) is 12.1 Å². The van der Waals surface area contributed by atoms with Gasteiger partial charge in [0.05, 0.1) is 29.8 Å². The van der Waals surface area contributed by atoms with Crippen molar-refractivity contribution in [1.29, 1.82) is 5.26 Å². The van der Waals surface area contributed by atoms with Crippen LogP contribution in [0.1, 0.15) is 34.1 Å². The third-order valence-corrected chi connectivity index (χ3v) is 4.40. The van der Waals surface area contributed by atoms with Crippen molar-refractivity contribution in [3.8, 4) is 11.8 Å². The Bertz CT molecular complexity index is 1160. The molecule has 0 aliphatic rings. The lowest BCUT2D eigenvalue weighted by Crippen LogP contribution is -2.30. The van der Waals surface area contributed by atoms with Crippen molar-refractivity contribution in [1.82, 2.24) is 15.1 Å². The fourth-order valence-electron chi connectivity index (χ4n) is 2.78. The van der Waals surface area contributed by atoms with Gasteiger partial charge in [-0.15, -0.1) is 0 Å². The predicted molar refractivity (Wildman–Crippen MR) is 105 cm³/mol. The fraction of sp³-hybridized carbons (Fsp3) is 0.100. The molecule has 8 nitrogen and oxygen atoms in total. The summed E-state index contributed by atoms with van der Waals surface area (Å²) in [7, 11) is 0. The Hall–Kier alpha value is -3.83. The van der Waals surface area contributed by atoms with Crippen molar-refractivity contribution in [2.45, 2.75) is 12.5 Å². The molecule has 9 heteroatoms. The number of halogens is 1. The van der Waals surface area contributed by atoms with Crippen molar-refractivity contribution in [3.05, 3.63) is 86.8 Å². The van der Waals surface area contributed by atoms with Gasteiger partial charge in [0, 0.05) is 11.1 Å². The van der Waals surface area contributed by atoms with E-state index in [0.717, 1.165) is 6.07 Å². The highest BCUT2D eigenvalue weighted by Crippen LogP contribution is 2.19. The third kappa shape index (κ3) is 4.72. The number of aromatic amines is 1. The zero-order valence-corrected chi connectivity index (χ0v) is 15.7. The third-order valence-electron chi connectivity index (χ3n) is 4.15. The molecule has 0 saturated carbocycles. The summed E-state index contributed by atoms with van der Waals surface area (Å²) in [4.78, 5) is 36.1. The van der Waals surface area contributed by atoms with Gasteiger partial charge in [0.1, 0.15) is 5.69 Å². The van der Waals surface area contributed by atoms with Gasteiger partial charge in [-0.25, -0.2) is 4.68 Å². The second-order valence-electron chi connectivity index (χ2n) is 6.18. The molecule has 1 atom stereocenters. The predicted octanol–water partition coefficient (Wildman–Crippen LogP) is 2.64. The SMILES string of the molecule is N#Cc1cccc([C@H](CC(=O)O)NC(=O)c2cc(=O)n(-c3ccc(Cl)cc3)[nH]2)c1. The van der Waals surface area contributed by atoms with E-state index in [1.165, 1.54) is 10.7 Å². The summed E-state index contributed by atoms with van der Waals surface area (Å²) in [6.45, 7) is 0. The molecule has 0 fully saturated rings. The van der Waals surface area contributed by atoms with Crippen LogP contribution < -0.4 is 10.9 Å². The molecule has 1 heterocycles. The second-order valence-corrected chi connectivity index (χ2v) is 6.62. The fourth-order valence-corrected chi connectivity index (χ4v) is 2.91. The number of hydrogen-bond acceptors (Lipinski definition) is 4. The molecule has 29 heavy (non-hydrogen) atoms. The van der Waals surface area contributed by atoms with Crippen LogP contribution in [0.4, 0.5) is 0 Å². The van der Waals surface area contributed by atoms with Crippen LogP contribution in [-0.2, 0) is 4.79 Å². The summed E-state index contributed by atoms with van der Waals surface area (Å²) in [6.07, 6.45) is -0.386. The van der Waals surface area contributed by atoms with Crippen molar-refractivity contribution >= 4 is 23.5 Å². The maximum Gasteiger partial charge on any atom is 0.305 e. The van der Waals surface area contributed by atoms with Gasteiger partial charge in [0.25, 0.3) is 11.5 Å². The number of carbonyl (C=O) groups is 2. The molecule has 1 aromatic heterocycles. The zero-order chi connectivity index (χ0) is 21.0. The van der Waals surface area contributed by atoms with Crippen molar-refractivity contribution < 1.29 is 14.7 Å². The first kappa shape index (κ1) is 19.9. The van der Waals surface area contributed by atoms with Gasteiger partial charge in [0.2, 0.25) is 0 Å². The number of hydrogen-bond donors (Lipinski definition) is 3. The minimum absolute atomic E-state index is 0.0308. The number of carboxylic acids is 1. The summed E-state index contributed by atoms with van der Waals surface area (Å²) in [5.41, 5.74) is 0.812. The molecule has 3 N–H and O–H groups in total. The number of aliphatic carboxylic acids is 1. The van der Waals surface area contributed by atoms with Crippen molar-refractivity contribution in [2.24, 2.45) is 0 Å². The van der Waals surface area contributed by atoms with Crippen LogP contribution in [0.3, 0.4) is 0 Å². The Morgan fingerprint density at radius 1 is 1.21 bits per heavy atom. The minimum Gasteiger partial charge on any atom is -0.481 e. The number of carboxylic acid groups (broad SMARTS) is 1. The summed E-state index contributed by atoms with van der Waals surface area (Å²) < 4.78 is 1.17. The van der Waals surface area contributed by atoms with Gasteiger partial charge < -0.3 is 10.4 Å². The lowest BCUT2D eigenvalue weighted by atomic mass is 10.0. The highest BCUT2D eigenvalue weighted by molar-refractivity contribution is 6.30. The number of H-pyrrole nitrogens is 1. The second kappa shape index (κ2) is 8.46. The van der Waals surface area contributed by atoms with Gasteiger partial charge in [-0.2, -0.15) is 5.26 Å². The molecule has 0 saturated heterocycles. The van der Waals surface area contributed by atoms with Gasteiger partial charge >= 0.3 is 5.97 Å². The molecule has 0 unspecified atom stereocenters. The van der Waals surface area contributed by atoms with E-state index in [1.54, 1.807) is 42.5 Å². The van der Waals surface area contributed by atoms with Crippen LogP contribution in [-0.4, -0.2) is 26.8 Å². The van der Waals surface area contributed by atoms with E-state index >= 15 is 0 Å². The number of rotatable bonds is 6. The average Bonchev–Trinajstić information content (AvgIpc) is 3.09. The van der Waals surface area contributed by atoms with E-state index in [0.29, 0.717) is 21.8 Å². The van der Waals surface area contributed by atoms with E-state index < -0.39 is 23.5 Å². The van der Waals surface area contributed by atoms with E-state index in [4.69, 9.17) is 16.9 Å². The zero-order valence-electron chi connectivity index (χ0n) is 14.9. The highest BCUT2D eigenvalue weighted by atomic mass is 35.5. The molecular formula is C20H15ClN4O4. The first-order chi connectivity index (χ1) is 13.9. The number of aromatic nitrogens is 2. The number of carbonyl (C=O) groups excluding carboxylic acids is 1. The molecule has 0 aliphatic carbocycles. The van der Waals surface area contributed by atoms with Crippen molar-refractivity contribution in [2.75, 3.05) is 0 Å². The number of nitriles is 1. The summed E-state index contributed by atoms with van der Waals surface area (Å²) in [5, 5.41) is 24.0. The molecule has 0 radical (unpaired) electrons. The minimum atomic E-state index is -1.12. The van der Waals surface area contributed by atoms with Gasteiger partial charge in [-0.05, 0) is 42.0 Å².